The van der Waals surface area contributed by atoms with E-state index in [-0.39, 0.29) is 6.61 Å². The molecule has 8 heteroatoms. The van der Waals surface area contributed by atoms with Crippen molar-refractivity contribution in [3.8, 4) is 5.75 Å². The summed E-state index contributed by atoms with van der Waals surface area (Å²) in [4.78, 5) is 24.5. The first-order valence-corrected chi connectivity index (χ1v) is 10.3. The molecule has 0 aliphatic rings. The van der Waals surface area contributed by atoms with Crippen LogP contribution < -0.4 is 4.74 Å². The van der Waals surface area contributed by atoms with Crippen molar-refractivity contribution in [1.82, 2.24) is 0 Å². The molecule has 0 heterocycles. The van der Waals surface area contributed by atoms with Crippen molar-refractivity contribution in [3.05, 3.63) is 29.6 Å². The summed E-state index contributed by atoms with van der Waals surface area (Å²) in [5, 5.41) is 0. The monoisotopic (exact) mass is 434 g/mol. The molecule has 1 rings (SSSR count). The van der Waals surface area contributed by atoms with E-state index in [0.29, 0.717) is 12.5 Å². The number of ether oxygens (including phenoxy) is 2. The molecule has 0 unspecified atom stereocenters. The molecule has 0 amide bonds. The summed E-state index contributed by atoms with van der Waals surface area (Å²) in [5.41, 5.74) is -3.34. The average molecular weight is 434 g/mol. The largest absolute Gasteiger partial charge is 0.465 e. The summed E-state index contributed by atoms with van der Waals surface area (Å²) in [5.74, 6) is -4.66. The van der Waals surface area contributed by atoms with Crippen LogP contribution in [0.3, 0.4) is 0 Å². The van der Waals surface area contributed by atoms with Crippen LogP contribution >= 0.6 is 0 Å². The quantitative estimate of drug-likeness (QED) is 0.125. The average Bonchev–Trinajstić information content (AvgIpc) is 2.67. The fourth-order valence-corrected chi connectivity index (χ4v) is 2.70. The van der Waals surface area contributed by atoms with E-state index in [1.54, 1.807) is 0 Å². The van der Waals surface area contributed by atoms with Crippen molar-refractivity contribution in [2.24, 2.45) is 5.41 Å². The summed E-state index contributed by atoms with van der Waals surface area (Å²) in [6.07, 6.45) is 3.56. The smallest absolute Gasteiger partial charge is 0.419 e. The number of carbonyl (C=O) groups excluding carboxylic acids is 2. The van der Waals surface area contributed by atoms with Crippen LogP contribution in [0.4, 0.5) is 17.6 Å². The Labute approximate surface area is 174 Å². The van der Waals surface area contributed by atoms with Crippen molar-refractivity contribution in [2.75, 3.05) is 6.61 Å². The topological polar surface area (TPSA) is 52.6 Å². The van der Waals surface area contributed by atoms with Gasteiger partial charge in [-0.3, -0.25) is 9.59 Å². The van der Waals surface area contributed by atoms with Crippen LogP contribution in [0.15, 0.2) is 18.2 Å². The molecule has 0 radical (unpaired) electrons. The predicted octanol–water partition coefficient (Wildman–Crippen LogP) is 6.46. The van der Waals surface area contributed by atoms with Gasteiger partial charge >= 0.3 is 18.1 Å². The van der Waals surface area contributed by atoms with Crippen LogP contribution in [0.2, 0.25) is 0 Å². The van der Waals surface area contributed by atoms with E-state index in [1.807, 2.05) is 0 Å². The van der Waals surface area contributed by atoms with Crippen LogP contribution in [-0.4, -0.2) is 18.5 Å². The third-order valence-corrected chi connectivity index (χ3v) is 4.72. The van der Waals surface area contributed by atoms with Gasteiger partial charge in [-0.05, 0) is 32.4 Å². The second-order valence-corrected chi connectivity index (χ2v) is 7.74. The minimum atomic E-state index is -4.93. The van der Waals surface area contributed by atoms with Crippen LogP contribution in [0.1, 0.15) is 77.7 Å². The third kappa shape index (κ3) is 7.95. The zero-order chi connectivity index (χ0) is 22.8. The van der Waals surface area contributed by atoms with Gasteiger partial charge in [0.05, 0.1) is 12.2 Å². The van der Waals surface area contributed by atoms with Gasteiger partial charge in [0.2, 0.25) is 0 Å². The van der Waals surface area contributed by atoms with Gasteiger partial charge in [-0.25, -0.2) is 4.39 Å². The van der Waals surface area contributed by atoms with Gasteiger partial charge in [0, 0.05) is 0 Å². The van der Waals surface area contributed by atoms with Crippen LogP contribution in [0, 0.1) is 11.2 Å². The van der Waals surface area contributed by atoms with E-state index in [1.165, 1.54) is 39.5 Å². The minimum absolute atomic E-state index is 0.127. The SMILES string of the molecule is CCCCCCCCCCOC(=O)C(C)(C)C(=O)Oc1cccc(C(F)(F)F)c1F. The van der Waals surface area contributed by atoms with E-state index in [9.17, 15) is 27.2 Å². The summed E-state index contributed by atoms with van der Waals surface area (Å²) in [6.45, 7) is 4.72. The maximum atomic E-state index is 14.0. The first-order valence-electron chi connectivity index (χ1n) is 10.3. The van der Waals surface area contributed by atoms with Crippen molar-refractivity contribution in [3.63, 3.8) is 0 Å². The van der Waals surface area contributed by atoms with Crippen molar-refractivity contribution < 1.29 is 36.6 Å². The van der Waals surface area contributed by atoms with Gasteiger partial charge in [0.1, 0.15) is 0 Å². The van der Waals surface area contributed by atoms with E-state index < -0.39 is 40.7 Å². The van der Waals surface area contributed by atoms with Crippen molar-refractivity contribution in [2.45, 2.75) is 78.3 Å². The van der Waals surface area contributed by atoms with Gasteiger partial charge < -0.3 is 9.47 Å². The summed E-state index contributed by atoms with van der Waals surface area (Å²) in [7, 11) is 0. The number of hydrogen-bond donors (Lipinski definition) is 0. The van der Waals surface area contributed by atoms with Crippen molar-refractivity contribution >= 4 is 11.9 Å². The number of halogens is 4. The summed E-state index contributed by atoms with van der Waals surface area (Å²) < 4.78 is 62.2. The lowest BCUT2D eigenvalue weighted by Gasteiger charge is -2.21. The Morgan fingerprint density at radius 3 is 2.03 bits per heavy atom. The van der Waals surface area contributed by atoms with Crippen molar-refractivity contribution in [1.29, 1.82) is 0 Å². The minimum Gasteiger partial charge on any atom is -0.465 e. The molecule has 0 aliphatic heterocycles. The molecule has 1 aromatic rings. The first kappa shape index (κ1) is 25.9. The molecule has 0 N–H and O–H groups in total. The van der Waals surface area contributed by atoms with E-state index in [0.717, 1.165) is 31.4 Å². The number of carbonyl (C=O) groups is 2. The van der Waals surface area contributed by atoms with Gasteiger partial charge in [0.25, 0.3) is 0 Å². The van der Waals surface area contributed by atoms with Crippen LogP contribution in [0.25, 0.3) is 0 Å². The number of rotatable bonds is 12. The van der Waals surface area contributed by atoms with E-state index in [2.05, 4.69) is 6.92 Å². The van der Waals surface area contributed by atoms with Gasteiger partial charge in [0.15, 0.2) is 17.0 Å². The lowest BCUT2D eigenvalue weighted by molar-refractivity contribution is -0.165. The highest BCUT2D eigenvalue weighted by molar-refractivity contribution is 5.99. The maximum absolute atomic E-state index is 14.0. The van der Waals surface area contributed by atoms with E-state index >= 15 is 0 Å². The molecular formula is C22H30F4O4. The Balaban J connectivity index is 2.51. The molecule has 0 saturated heterocycles. The van der Waals surface area contributed by atoms with E-state index in [4.69, 9.17) is 9.47 Å². The number of unbranched alkanes of at least 4 members (excludes halogenated alkanes) is 7. The highest BCUT2D eigenvalue weighted by Crippen LogP contribution is 2.35. The second kappa shape index (κ2) is 11.9. The molecule has 0 aliphatic carbocycles. The Morgan fingerprint density at radius 1 is 0.900 bits per heavy atom. The molecule has 1 aromatic carbocycles. The number of alkyl halides is 3. The summed E-state index contributed by atoms with van der Waals surface area (Å²) >= 11 is 0. The van der Waals surface area contributed by atoms with Crippen LogP contribution in [-0.2, 0) is 20.5 Å². The number of benzene rings is 1. The molecule has 0 aromatic heterocycles. The molecular weight excluding hydrogens is 404 g/mol. The Bertz CT molecular complexity index is 699. The number of hydrogen-bond acceptors (Lipinski definition) is 4. The second-order valence-electron chi connectivity index (χ2n) is 7.74. The Kier molecular flexibility index (Phi) is 10.3. The summed E-state index contributed by atoms with van der Waals surface area (Å²) in [6, 6.07) is 2.35. The molecule has 0 spiro atoms. The molecule has 0 fully saturated rings. The Morgan fingerprint density at radius 2 is 1.47 bits per heavy atom. The standard InChI is InChI=1S/C22H30F4O4/c1-4-5-6-7-8-9-10-11-15-29-19(27)21(2,3)20(28)30-17-14-12-13-16(18(17)23)22(24,25)26/h12-14H,4-11,15H2,1-3H3. The highest BCUT2D eigenvalue weighted by atomic mass is 19.4. The highest BCUT2D eigenvalue weighted by Gasteiger charge is 2.41. The molecule has 0 atom stereocenters. The van der Waals surface area contributed by atoms with Gasteiger partial charge in [-0.1, -0.05) is 57.9 Å². The number of esters is 2. The third-order valence-electron chi connectivity index (χ3n) is 4.72. The zero-order valence-corrected chi connectivity index (χ0v) is 17.7. The fraction of sp³-hybridized carbons (Fsp3) is 0.636. The lowest BCUT2D eigenvalue weighted by Crippen LogP contribution is -2.38. The molecule has 0 saturated carbocycles. The van der Waals surface area contributed by atoms with Gasteiger partial charge in [-0.15, -0.1) is 0 Å². The normalized spacial score (nSPS) is 12.0. The predicted molar refractivity (Wildman–Crippen MR) is 104 cm³/mol. The zero-order valence-electron chi connectivity index (χ0n) is 17.7. The Hall–Kier alpha value is -2.12. The first-order chi connectivity index (χ1) is 14.0. The lowest BCUT2D eigenvalue weighted by atomic mass is 9.94. The maximum Gasteiger partial charge on any atom is 0.419 e. The fourth-order valence-electron chi connectivity index (χ4n) is 2.70. The van der Waals surface area contributed by atoms with Crippen LogP contribution in [0.5, 0.6) is 5.75 Å². The molecule has 0 bridgehead atoms. The molecule has 4 nitrogen and oxygen atoms in total. The molecule has 30 heavy (non-hydrogen) atoms. The molecule has 170 valence electrons. The van der Waals surface area contributed by atoms with Gasteiger partial charge in [-0.2, -0.15) is 13.2 Å².